The summed E-state index contributed by atoms with van der Waals surface area (Å²) in [5.41, 5.74) is -0.558. The molecule has 1 rings (SSSR count). The molecule has 15 heavy (non-hydrogen) atoms. The third kappa shape index (κ3) is 3.32. The van der Waals surface area contributed by atoms with Crippen LogP contribution in [0, 0.1) is 0 Å². The van der Waals surface area contributed by atoms with Gasteiger partial charge in [-0.05, 0) is 20.9 Å². The lowest BCUT2D eigenvalue weighted by atomic mass is 10.1. The lowest BCUT2D eigenvalue weighted by molar-refractivity contribution is -0.126. The van der Waals surface area contributed by atoms with Crippen LogP contribution in [0.2, 0.25) is 0 Å². The van der Waals surface area contributed by atoms with Crippen LogP contribution >= 0.6 is 0 Å². The summed E-state index contributed by atoms with van der Waals surface area (Å²) in [7, 11) is 1.75. The Bertz CT molecular complexity index is 308. The molecule has 0 spiro atoms. The Hall–Kier alpha value is -1.43. The van der Waals surface area contributed by atoms with Gasteiger partial charge >= 0.3 is 0 Å². The van der Waals surface area contributed by atoms with Crippen LogP contribution in [-0.4, -0.2) is 35.2 Å². The third-order valence-electron chi connectivity index (χ3n) is 2.23. The van der Waals surface area contributed by atoms with Gasteiger partial charge in [0.05, 0.1) is 5.54 Å². The first kappa shape index (κ1) is 11.6. The Labute approximate surface area is 88.4 Å². The average Bonchev–Trinajstić information content (AvgIpc) is 2.70. The number of nitrogens with zero attached hydrogens (tertiary/aromatic N) is 2. The molecule has 0 aliphatic carbocycles. The monoisotopic (exact) mass is 212 g/mol. The van der Waals surface area contributed by atoms with Gasteiger partial charge in [0.2, 0.25) is 12.3 Å². The van der Waals surface area contributed by atoms with Crippen molar-refractivity contribution in [1.29, 1.82) is 0 Å². The van der Waals surface area contributed by atoms with Crippen LogP contribution in [0.15, 0.2) is 10.9 Å². The number of carbonyl (C=O) groups excluding carboxylic acids is 1. The minimum absolute atomic E-state index is 0.0477. The number of hydrogen-bond acceptors (Lipinski definition) is 5. The van der Waals surface area contributed by atoms with E-state index in [9.17, 15) is 4.79 Å². The van der Waals surface area contributed by atoms with E-state index < -0.39 is 5.54 Å². The van der Waals surface area contributed by atoms with Crippen LogP contribution < -0.4 is 10.6 Å². The van der Waals surface area contributed by atoms with E-state index in [0.29, 0.717) is 18.8 Å². The van der Waals surface area contributed by atoms with E-state index in [4.69, 9.17) is 0 Å². The second-order valence-electron chi connectivity index (χ2n) is 3.73. The second-order valence-corrected chi connectivity index (χ2v) is 3.73. The highest BCUT2D eigenvalue weighted by molar-refractivity contribution is 5.85. The lowest BCUT2D eigenvalue weighted by Gasteiger charge is -2.22. The molecule has 84 valence electrons. The minimum atomic E-state index is -0.558. The van der Waals surface area contributed by atoms with Gasteiger partial charge in [0.25, 0.3) is 0 Å². The fourth-order valence-electron chi connectivity index (χ4n) is 0.925. The first-order valence-corrected chi connectivity index (χ1v) is 4.78. The molecule has 1 heterocycles. The zero-order chi connectivity index (χ0) is 11.3. The molecule has 1 aromatic rings. The molecule has 0 aromatic carbocycles. The molecule has 2 N–H and O–H groups in total. The van der Waals surface area contributed by atoms with Crippen molar-refractivity contribution in [3.63, 3.8) is 0 Å². The van der Waals surface area contributed by atoms with Crippen molar-refractivity contribution in [2.75, 3.05) is 13.6 Å². The van der Waals surface area contributed by atoms with Crippen molar-refractivity contribution in [2.45, 2.75) is 25.8 Å². The summed E-state index contributed by atoms with van der Waals surface area (Å²) in [6.07, 6.45) is 1.84. The van der Waals surface area contributed by atoms with Crippen LogP contribution in [0.3, 0.4) is 0 Å². The van der Waals surface area contributed by atoms with Gasteiger partial charge in [0.1, 0.15) is 0 Å². The van der Waals surface area contributed by atoms with Crippen LogP contribution in [0.5, 0.6) is 0 Å². The molecule has 0 atom stereocenters. The molecule has 1 amide bonds. The number of hydrogen-bond donors (Lipinski definition) is 2. The van der Waals surface area contributed by atoms with E-state index in [-0.39, 0.29) is 5.91 Å². The zero-order valence-electron chi connectivity index (χ0n) is 9.20. The molecular weight excluding hydrogens is 196 g/mol. The predicted molar refractivity (Wildman–Crippen MR) is 54.2 cm³/mol. The minimum Gasteiger partial charge on any atom is -0.354 e. The van der Waals surface area contributed by atoms with E-state index in [1.807, 2.05) is 13.8 Å². The van der Waals surface area contributed by atoms with E-state index in [0.717, 1.165) is 0 Å². The lowest BCUT2D eigenvalue weighted by Crippen LogP contribution is -2.51. The highest BCUT2D eigenvalue weighted by Crippen LogP contribution is 2.00. The number of rotatable bonds is 5. The molecule has 0 radical (unpaired) electrons. The Balaban J connectivity index is 2.29. The van der Waals surface area contributed by atoms with Crippen LogP contribution in [0.1, 0.15) is 19.7 Å². The topological polar surface area (TPSA) is 80.0 Å². The van der Waals surface area contributed by atoms with Crippen molar-refractivity contribution < 1.29 is 9.32 Å². The molecule has 0 saturated carbocycles. The number of carbonyl (C=O) groups is 1. The van der Waals surface area contributed by atoms with Crippen LogP contribution in [0.4, 0.5) is 0 Å². The normalized spacial score (nSPS) is 11.4. The Morgan fingerprint density at radius 3 is 2.87 bits per heavy atom. The quantitative estimate of drug-likeness (QED) is 0.702. The maximum atomic E-state index is 11.6. The number of nitrogens with one attached hydrogen (secondary N) is 2. The van der Waals surface area contributed by atoms with Crippen molar-refractivity contribution in [2.24, 2.45) is 0 Å². The van der Waals surface area contributed by atoms with Crippen LogP contribution in [0.25, 0.3) is 0 Å². The number of likely N-dealkylation sites (N-methyl/N-ethyl adjacent to an activating group) is 1. The van der Waals surface area contributed by atoms with Crippen LogP contribution in [-0.2, 0) is 11.2 Å². The Morgan fingerprint density at radius 2 is 2.33 bits per heavy atom. The summed E-state index contributed by atoms with van der Waals surface area (Å²) >= 11 is 0. The molecule has 6 nitrogen and oxygen atoms in total. The maximum absolute atomic E-state index is 11.6. The average molecular weight is 212 g/mol. The van der Waals surface area contributed by atoms with Gasteiger partial charge in [-0.25, -0.2) is 0 Å². The third-order valence-corrected chi connectivity index (χ3v) is 2.23. The van der Waals surface area contributed by atoms with Gasteiger partial charge in [-0.2, -0.15) is 4.98 Å². The molecule has 0 aliphatic rings. The summed E-state index contributed by atoms with van der Waals surface area (Å²) in [4.78, 5) is 15.4. The van der Waals surface area contributed by atoms with Crippen molar-refractivity contribution in [3.05, 3.63) is 12.2 Å². The molecule has 0 unspecified atom stereocenters. The predicted octanol–water partition coefficient (Wildman–Crippen LogP) is -0.274. The molecule has 0 saturated heterocycles. The molecule has 0 aliphatic heterocycles. The summed E-state index contributed by atoms with van der Waals surface area (Å²) in [5, 5.41) is 9.35. The summed E-state index contributed by atoms with van der Waals surface area (Å²) in [6, 6.07) is 0. The van der Waals surface area contributed by atoms with E-state index in [2.05, 4.69) is 25.3 Å². The highest BCUT2D eigenvalue weighted by Gasteiger charge is 2.24. The van der Waals surface area contributed by atoms with Gasteiger partial charge in [-0.15, -0.1) is 0 Å². The van der Waals surface area contributed by atoms with Gasteiger partial charge in [-0.3, -0.25) is 4.79 Å². The first-order chi connectivity index (χ1) is 7.06. The van der Waals surface area contributed by atoms with Crippen molar-refractivity contribution in [3.8, 4) is 0 Å². The van der Waals surface area contributed by atoms with Gasteiger partial charge in [0.15, 0.2) is 5.82 Å². The van der Waals surface area contributed by atoms with Crippen molar-refractivity contribution in [1.82, 2.24) is 20.8 Å². The van der Waals surface area contributed by atoms with E-state index in [1.54, 1.807) is 7.05 Å². The summed E-state index contributed by atoms with van der Waals surface area (Å²) < 4.78 is 4.57. The summed E-state index contributed by atoms with van der Waals surface area (Å²) in [5.74, 6) is 0.547. The molecular formula is C9H16N4O2. The van der Waals surface area contributed by atoms with Gasteiger partial charge < -0.3 is 15.2 Å². The molecule has 1 aromatic heterocycles. The fraction of sp³-hybridized carbons (Fsp3) is 0.667. The molecule has 0 fully saturated rings. The second kappa shape index (κ2) is 4.88. The van der Waals surface area contributed by atoms with Gasteiger partial charge in [0, 0.05) is 13.0 Å². The molecule has 6 heteroatoms. The highest BCUT2D eigenvalue weighted by atomic mass is 16.5. The Morgan fingerprint density at radius 1 is 1.60 bits per heavy atom. The largest absolute Gasteiger partial charge is 0.354 e. The first-order valence-electron chi connectivity index (χ1n) is 4.78. The van der Waals surface area contributed by atoms with Crippen molar-refractivity contribution >= 4 is 5.91 Å². The summed E-state index contributed by atoms with van der Waals surface area (Å²) in [6.45, 7) is 4.14. The standard InChI is InChI=1S/C9H16N4O2/c1-9(2,10-3)8(14)11-5-4-7-12-6-15-13-7/h6,10H,4-5H2,1-3H3,(H,11,14). The number of aromatic nitrogens is 2. The fourth-order valence-corrected chi connectivity index (χ4v) is 0.925. The number of amides is 1. The maximum Gasteiger partial charge on any atom is 0.239 e. The van der Waals surface area contributed by atoms with E-state index >= 15 is 0 Å². The smallest absolute Gasteiger partial charge is 0.239 e. The zero-order valence-corrected chi connectivity index (χ0v) is 9.20. The molecule has 0 bridgehead atoms. The Kier molecular flexibility index (Phi) is 3.79. The SMILES string of the molecule is CNC(C)(C)C(=O)NCCc1ncon1. The van der Waals surface area contributed by atoms with E-state index in [1.165, 1.54) is 6.39 Å². The van der Waals surface area contributed by atoms with Gasteiger partial charge in [-0.1, -0.05) is 5.16 Å².